The van der Waals surface area contributed by atoms with Gasteiger partial charge < -0.3 is 10.1 Å². The highest BCUT2D eigenvalue weighted by atomic mass is 79.9. The molecule has 172 valence electrons. The Kier molecular flexibility index (Phi) is 7.72. The lowest BCUT2D eigenvalue weighted by Gasteiger charge is -2.09. The molecular formula is C25H21BrN4O3S. The minimum absolute atomic E-state index is 0.421. The van der Waals surface area contributed by atoms with Crippen LogP contribution >= 0.6 is 27.3 Å². The highest BCUT2D eigenvalue weighted by molar-refractivity contribution is 9.10. The number of nitriles is 1. The van der Waals surface area contributed by atoms with Gasteiger partial charge >= 0.3 is 11.8 Å². The summed E-state index contributed by atoms with van der Waals surface area (Å²) in [7, 11) is 0. The van der Waals surface area contributed by atoms with Crippen LogP contribution in [-0.4, -0.2) is 18.0 Å². The van der Waals surface area contributed by atoms with Crippen molar-refractivity contribution in [2.24, 2.45) is 5.10 Å². The quantitative estimate of drug-likeness (QED) is 0.264. The van der Waals surface area contributed by atoms with Gasteiger partial charge in [0.15, 0.2) is 0 Å². The first-order valence-electron chi connectivity index (χ1n) is 10.7. The fraction of sp³-hybridized carbons (Fsp3) is 0.200. The number of aryl methyl sites for hydroxylation is 1. The van der Waals surface area contributed by atoms with Gasteiger partial charge in [-0.05, 0) is 55.0 Å². The summed E-state index contributed by atoms with van der Waals surface area (Å²) in [6.07, 6.45) is 5.23. The molecule has 1 aliphatic rings. The molecule has 1 heterocycles. The predicted octanol–water partition coefficient (Wildman–Crippen LogP) is 4.93. The van der Waals surface area contributed by atoms with Crippen LogP contribution in [0, 0.1) is 11.3 Å². The summed E-state index contributed by atoms with van der Waals surface area (Å²) in [5.74, 6) is -1.14. The molecule has 1 aliphatic carbocycles. The molecule has 4 rings (SSSR count). The van der Waals surface area contributed by atoms with Crippen LogP contribution < -0.4 is 15.5 Å². The van der Waals surface area contributed by atoms with Crippen molar-refractivity contribution in [3.8, 4) is 11.8 Å². The Hall–Kier alpha value is -3.48. The summed E-state index contributed by atoms with van der Waals surface area (Å²) in [6, 6.07) is 17.4. The first-order valence-corrected chi connectivity index (χ1v) is 12.3. The molecular weight excluding hydrogens is 516 g/mol. The molecule has 2 amide bonds. The number of anilines is 1. The van der Waals surface area contributed by atoms with Crippen molar-refractivity contribution in [1.29, 1.82) is 5.26 Å². The van der Waals surface area contributed by atoms with Crippen molar-refractivity contribution < 1.29 is 14.3 Å². The average Bonchev–Trinajstić information content (AvgIpc) is 3.21. The first-order chi connectivity index (χ1) is 16.5. The van der Waals surface area contributed by atoms with Crippen LogP contribution in [0.1, 0.15) is 40.0 Å². The van der Waals surface area contributed by atoms with E-state index >= 15 is 0 Å². The van der Waals surface area contributed by atoms with E-state index in [0.717, 1.165) is 46.2 Å². The molecule has 34 heavy (non-hydrogen) atoms. The fourth-order valence-electron chi connectivity index (χ4n) is 3.59. The number of hydrazone groups is 1. The van der Waals surface area contributed by atoms with E-state index in [1.165, 1.54) is 17.6 Å². The van der Waals surface area contributed by atoms with E-state index < -0.39 is 11.8 Å². The van der Waals surface area contributed by atoms with Gasteiger partial charge in [0, 0.05) is 14.9 Å². The van der Waals surface area contributed by atoms with E-state index in [9.17, 15) is 14.9 Å². The predicted molar refractivity (Wildman–Crippen MR) is 135 cm³/mol. The van der Waals surface area contributed by atoms with Gasteiger partial charge in [-0.1, -0.05) is 46.3 Å². The van der Waals surface area contributed by atoms with E-state index in [1.807, 2.05) is 42.5 Å². The smallest absolute Gasteiger partial charge is 0.329 e. The third kappa shape index (κ3) is 5.71. The van der Waals surface area contributed by atoms with Crippen LogP contribution in [-0.2, 0) is 29.0 Å². The lowest BCUT2D eigenvalue weighted by atomic mass is 9.96. The summed E-state index contributed by atoms with van der Waals surface area (Å²) in [6.45, 7) is 0.423. The van der Waals surface area contributed by atoms with Gasteiger partial charge in [0.25, 0.3) is 0 Å². The Morgan fingerprint density at radius 3 is 2.74 bits per heavy atom. The van der Waals surface area contributed by atoms with Crippen molar-refractivity contribution in [3.05, 3.63) is 80.1 Å². The van der Waals surface area contributed by atoms with E-state index in [-0.39, 0.29) is 0 Å². The van der Waals surface area contributed by atoms with Crippen LogP contribution in [0.15, 0.2) is 58.1 Å². The SMILES string of the molecule is N#Cc1c(NC(=O)C(=O)N/N=C\c2cc(OCc3ccccc3)ccc2Br)sc2c1CCCC2. The molecule has 1 aromatic heterocycles. The zero-order valence-electron chi connectivity index (χ0n) is 18.1. The summed E-state index contributed by atoms with van der Waals surface area (Å²) in [5.41, 5.74) is 5.40. The Bertz CT molecular complexity index is 1280. The average molecular weight is 537 g/mol. The third-order valence-corrected chi connectivity index (χ3v) is 7.23. The second-order valence-corrected chi connectivity index (χ2v) is 9.60. The van der Waals surface area contributed by atoms with Crippen LogP contribution in [0.2, 0.25) is 0 Å². The molecule has 0 unspecified atom stereocenters. The molecule has 0 spiro atoms. The normalized spacial score (nSPS) is 12.6. The van der Waals surface area contributed by atoms with Crippen molar-refractivity contribution in [2.45, 2.75) is 32.3 Å². The summed E-state index contributed by atoms with van der Waals surface area (Å²) in [4.78, 5) is 25.7. The highest BCUT2D eigenvalue weighted by Gasteiger charge is 2.23. The molecule has 3 aromatic rings. The standard InChI is InChI=1S/C25H21BrN4O3S/c26-21-11-10-18(33-15-16-6-2-1-3-7-16)12-17(21)14-28-30-24(32)23(31)29-25-20(13-27)19-8-4-5-9-22(19)34-25/h1-3,6-7,10-12,14H,4-5,8-9,15H2,(H,29,31)(H,30,32)/b28-14-. The Balaban J connectivity index is 1.36. The molecule has 7 nitrogen and oxygen atoms in total. The molecule has 2 aromatic carbocycles. The van der Waals surface area contributed by atoms with Crippen molar-refractivity contribution >= 4 is 50.3 Å². The lowest BCUT2D eigenvalue weighted by molar-refractivity contribution is -0.136. The number of ether oxygens (including phenoxy) is 1. The van der Waals surface area contributed by atoms with Crippen molar-refractivity contribution in [2.75, 3.05) is 5.32 Å². The Morgan fingerprint density at radius 1 is 1.15 bits per heavy atom. The zero-order chi connectivity index (χ0) is 23.9. The maximum atomic E-state index is 12.3. The number of nitrogens with one attached hydrogen (secondary N) is 2. The van der Waals surface area contributed by atoms with Gasteiger partial charge in [-0.3, -0.25) is 9.59 Å². The fourth-order valence-corrected chi connectivity index (χ4v) is 5.18. The number of carbonyl (C=O) groups is 2. The number of halogens is 1. The van der Waals surface area contributed by atoms with Gasteiger partial charge in [0.2, 0.25) is 0 Å². The van der Waals surface area contributed by atoms with Crippen LogP contribution in [0.3, 0.4) is 0 Å². The number of benzene rings is 2. The van der Waals surface area contributed by atoms with Gasteiger partial charge in [0.1, 0.15) is 23.4 Å². The number of hydrogen-bond donors (Lipinski definition) is 2. The van der Waals surface area contributed by atoms with E-state index in [1.54, 1.807) is 6.07 Å². The van der Waals surface area contributed by atoms with Crippen LogP contribution in [0.4, 0.5) is 5.00 Å². The second-order valence-electron chi connectivity index (χ2n) is 7.64. The topological polar surface area (TPSA) is 104 Å². The molecule has 0 fully saturated rings. The molecule has 0 atom stereocenters. The lowest BCUT2D eigenvalue weighted by Crippen LogP contribution is -2.32. The number of thiophene rings is 1. The summed E-state index contributed by atoms with van der Waals surface area (Å²) < 4.78 is 6.57. The summed E-state index contributed by atoms with van der Waals surface area (Å²) >= 11 is 4.81. The molecule has 0 saturated carbocycles. The Morgan fingerprint density at radius 2 is 1.94 bits per heavy atom. The minimum Gasteiger partial charge on any atom is -0.489 e. The molecule has 2 N–H and O–H groups in total. The third-order valence-electron chi connectivity index (χ3n) is 5.30. The van der Waals surface area contributed by atoms with Crippen molar-refractivity contribution in [1.82, 2.24) is 5.43 Å². The monoisotopic (exact) mass is 536 g/mol. The molecule has 9 heteroatoms. The molecule has 0 radical (unpaired) electrons. The zero-order valence-corrected chi connectivity index (χ0v) is 20.5. The van der Waals surface area contributed by atoms with Gasteiger partial charge in [0.05, 0.1) is 11.8 Å². The second kappa shape index (κ2) is 11.1. The number of rotatable bonds is 6. The largest absolute Gasteiger partial charge is 0.489 e. The maximum absolute atomic E-state index is 12.3. The van der Waals surface area contributed by atoms with Crippen molar-refractivity contribution in [3.63, 3.8) is 0 Å². The van der Waals surface area contributed by atoms with Gasteiger partial charge in [-0.25, -0.2) is 5.43 Å². The number of fused-ring (bicyclic) bond motifs is 1. The highest BCUT2D eigenvalue weighted by Crippen LogP contribution is 2.37. The van der Waals surface area contributed by atoms with Gasteiger partial charge in [-0.2, -0.15) is 10.4 Å². The Labute approximate surface area is 209 Å². The van der Waals surface area contributed by atoms with Gasteiger partial charge in [-0.15, -0.1) is 11.3 Å². The van der Waals surface area contributed by atoms with Crippen LogP contribution in [0.25, 0.3) is 0 Å². The van der Waals surface area contributed by atoms with Crippen LogP contribution in [0.5, 0.6) is 5.75 Å². The van der Waals surface area contributed by atoms with E-state index in [2.05, 4.69) is 37.8 Å². The maximum Gasteiger partial charge on any atom is 0.329 e. The molecule has 0 aliphatic heterocycles. The summed E-state index contributed by atoms with van der Waals surface area (Å²) in [5, 5.41) is 16.4. The van der Waals surface area contributed by atoms with E-state index in [4.69, 9.17) is 4.74 Å². The first kappa shape index (κ1) is 23.7. The number of carbonyl (C=O) groups excluding carboxylic acids is 2. The minimum atomic E-state index is -0.917. The van der Waals surface area contributed by atoms with E-state index in [0.29, 0.717) is 28.5 Å². The molecule has 0 bridgehead atoms. The number of amides is 2. The molecule has 0 saturated heterocycles. The number of nitrogens with zero attached hydrogens (tertiary/aromatic N) is 2. The number of hydrogen-bond acceptors (Lipinski definition) is 6.